The number of amides is 2. The van der Waals surface area contributed by atoms with Crippen molar-refractivity contribution in [1.82, 2.24) is 10.2 Å². The number of anilines is 1. The number of ether oxygens (including phenoxy) is 1. The van der Waals surface area contributed by atoms with Crippen molar-refractivity contribution >= 4 is 39.1 Å². The largest absolute Gasteiger partial charge is 0.495 e. The topological polar surface area (TPSA) is 96.0 Å². The van der Waals surface area contributed by atoms with Crippen molar-refractivity contribution in [2.45, 2.75) is 57.7 Å². The Bertz CT molecular complexity index is 1150. The van der Waals surface area contributed by atoms with Gasteiger partial charge in [-0.25, -0.2) is 8.42 Å². The number of rotatable bonds is 11. The number of methoxy groups -OCH3 is 1. The third-order valence-electron chi connectivity index (χ3n) is 6.39. The SMILES string of the molecule is CC[C@H](C(=O)NC1CCCC1)N(Cc1ccc(Cl)cc1)C(=O)CN(c1ccccc1OC)S(C)(=O)=O. The Hall–Kier alpha value is -2.78. The van der Waals surface area contributed by atoms with E-state index in [-0.39, 0.29) is 24.2 Å². The number of carbonyl (C=O) groups is 2. The van der Waals surface area contributed by atoms with Gasteiger partial charge < -0.3 is 15.0 Å². The van der Waals surface area contributed by atoms with Crippen LogP contribution in [0.5, 0.6) is 5.75 Å². The van der Waals surface area contributed by atoms with Gasteiger partial charge in [-0.05, 0) is 49.1 Å². The molecule has 1 N–H and O–H groups in total. The highest BCUT2D eigenvalue weighted by Crippen LogP contribution is 2.30. The molecule has 3 rings (SSSR count). The fraction of sp³-hybridized carbons (Fsp3) is 0.462. The molecule has 0 radical (unpaired) electrons. The van der Waals surface area contributed by atoms with Crippen molar-refractivity contribution in [3.05, 3.63) is 59.1 Å². The smallest absolute Gasteiger partial charge is 0.244 e. The summed E-state index contributed by atoms with van der Waals surface area (Å²) < 4.78 is 31.9. The highest BCUT2D eigenvalue weighted by Gasteiger charge is 2.33. The minimum atomic E-state index is -3.84. The van der Waals surface area contributed by atoms with Gasteiger partial charge in [-0.3, -0.25) is 13.9 Å². The molecule has 36 heavy (non-hydrogen) atoms. The first-order valence-electron chi connectivity index (χ1n) is 12.1. The predicted octanol–water partition coefficient (Wildman–Crippen LogP) is 3.98. The van der Waals surface area contributed by atoms with Gasteiger partial charge in [0.15, 0.2) is 0 Å². The van der Waals surface area contributed by atoms with Crippen LogP contribution in [0.25, 0.3) is 0 Å². The minimum Gasteiger partial charge on any atom is -0.495 e. The highest BCUT2D eigenvalue weighted by atomic mass is 35.5. The number of nitrogens with one attached hydrogen (secondary N) is 1. The van der Waals surface area contributed by atoms with E-state index < -0.39 is 28.5 Å². The number of hydrogen-bond acceptors (Lipinski definition) is 5. The summed E-state index contributed by atoms with van der Waals surface area (Å²) in [6, 6.07) is 13.0. The van der Waals surface area contributed by atoms with Gasteiger partial charge in [0, 0.05) is 17.6 Å². The van der Waals surface area contributed by atoms with Crippen LogP contribution >= 0.6 is 11.6 Å². The van der Waals surface area contributed by atoms with Crippen LogP contribution in [0.1, 0.15) is 44.6 Å². The number of halogens is 1. The van der Waals surface area contributed by atoms with E-state index >= 15 is 0 Å². The molecule has 0 aromatic heterocycles. The van der Waals surface area contributed by atoms with Gasteiger partial charge in [0.05, 0.1) is 19.1 Å². The predicted molar refractivity (Wildman–Crippen MR) is 142 cm³/mol. The van der Waals surface area contributed by atoms with Gasteiger partial charge in [-0.2, -0.15) is 0 Å². The van der Waals surface area contributed by atoms with Crippen LogP contribution in [-0.4, -0.2) is 57.1 Å². The molecule has 0 heterocycles. The number of nitrogens with zero attached hydrogens (tertiary/aromatic N) is 2. The summed E-state index contributed by atoms with van der Waals surface area (Å²) in [5, 5.41) is 3.65. The zero-order valence-corrected chi connectivity index (χ0v) is 22.5. The molecule has 0 bridgehead atoms. The Morgan fingerprint density at radius 2 is 1.75 bits per heavy atom. The normalized spacial score (nSPS) is 14.8. The number of sulfonamides is 1. The van der Waals surface area contributed by atoms with E-state index in [4.69, 9.17) is 16.3 Å². The summed E-state index contributed by atoms with van der Waals surface area (Å²) in [5.41, 5.74) is 1.04. The Morgan fingerprint density at radius 3 is 2.33 bits per heavy atom. The maximum absolute atomic E-state index is 13.8. The first kappa shape index (κ1) is 27.8. The van der Waals surface area contributed by atoms with Crippen LogP contribution in [0.15, 0.2) is 48.5 Å². The maximum atomic E-state index is 13.8. The Kier molecular flexibility index (Phi) is 9.62. The molecular formula is C26H34ClN3O5S. The van der Waals surface area contributed by atoms with E-state index in [9.17, 15) is 18.0 Å². The second-order valence-corrected chi connectivity index (χ2v) is 11.3. The van der Waals surface area contributed by atoms with Crippen LogP contribution in [0.3, 0.4) is 0 Å². The molecule has 2 aromatic rings. The molecule has 1 saturated carbocycles. The number of para-hydroxylation sites is 2. The molecule has 2 amide bonds. The van der Waals surface area contributed by atoms with Crippen molar-refractivity contribution in [3.63, 3.8) is 0 Å². The van der Waals surface area contributed by atoms with Crippen molar-refractivity contribution in [2.75, 3.05) is 24.2 Å². The fourth-order valence-corrected chi connectivity index (χ4v) is 5.48. The molecule has 0 unspecified atom stereocenters. The lowest BCUT2D eigenvalue weighted by molar-refractivity contribution is -0.140. The molecule has 0 spiro atoms. The molecule has 1 atom stereocenters. The van der Waals surface area contributed by atoms with E-state index in [2.05, 4.69) is 5.32 Å². The van der Waals surface area contributed by atoms with E-state index in [1.807, 2.05) is 6.92 Å². The quantitative estimate of drug-likeness (QED) is 0.469. The summed E-state index contributed by atoms with van der Waals surface area (Å²) >= 11 is 6.03. The van der Waals surface area contributed by atoms with Crippen LogP contribution < -0.4 is 14.4 Å². The molecule has 1 fully saturated rings. The van der Waals surface area contributed by atoms with E-state index in [1.165, 1.54) is 12.0 Å². The molecule has 2 aromatic carbocycles. The van der Waals surface area contributed by atoms with Gasteiger partial charge in [0.25, 0.3) is 0 Å². The zero-order chi connectivity index (χ0) is 26.3. The monoisotopic (exact) mass is 535 g/mol. The van der Waals surface area contributed by atoms with Crippen LogP contribution in [-0.2, 0) is 26.2 Å². The molecule has 196 valence electrons. The van der Waals surface area contributed by atoms with Crippen molar-refractivity contribution < 1.29 is 22.7 Å². The Labute approximate surface area is 218 Å². The van der Waals surface area contributed by atoms with E-state index in [0.29, 0.717) is 17.2 Å². The van der Waals surface area contributed by atoms with Gasteiger partial charge in [-0.15, -0.1) is 0 Å². The van der Waals surface area contributed by atoms with Crippen LogP contribution in [0.4, 0.5) is 5.69 Å². The molecule has 10 heteroatoms. The lowest BCUT2D eigenvalue weighted by Crippen LogP contribution is -2.53. The second-order valence-electron chi connectivity index (χ2n) is 9.00. The minimum absolute atomic E-state index is 0.0973. The molecule has 1 aliphatic carbocycles. The fourth-order valence-electron chi connectivity index (χ4n) is 4.50. The van der Waals surface area contributed by atoms with Gasteiger partial charge in [-0.1, -0.05) is 55.6 Å². The van der Waals surface area contributed by atoms with E-state index in [0.717, 1.165) is 41.8 Å². The molecule has 0 saturated heterocycles. The first-order valence-corrected chi connectivity index (χ1v) is 14.3. The lowest BCUT2D eigenvalue weighted by atomic mass is 10.1. The summed E-state index contributed by atoms with van der Waals surface area (Å²) in [6.45, 7) is 1.51. The molecule has 8 nitrogen and oxygen atoms in total. The van der Waals surface area contributed by atoms with Crippen molar-refractivity contribution in [1.29, 1.82) is 0 Å². The molecular weight excluding hydrogens is 502 g/mol. The average Bonchev–Trinajstić information content (AvgIpc) is 3.35. The van der Waals surface area contributed by atoms with Crippen LogP contribution in [0, 0.1) is 0 Å². The molecule has 0 aliphatic heterocycles. The Morgan fingerprint density at radius 1 is 1.11 bits per heavy atom. The number of carbonyl (C=O) groups excluding carboxylic acids is 2. The number of benzene rings is 2. The summed E-state index contributed by atoms with van der Waals surface area (Å²) in [6.07, 6.45) is 5.40. The van der Waals surface area contributed by atoms with Crippen molar-refractivity contribution in [2.24, 2.45) is 0 Å². The zero-order valence-electron chi connectivity index (χ0n) is 20.9. The van der Waals surface area contributed by atoms with Gasteiger partial charge in [0.2, 0.25) is 21.8 Å². The Balaban J connectivity index is 1.94. The van der Waals surface area contributed by atoms with Crippen molar-refractivity contribution in [3.8, 4) is 5.75 Å². The summed E-state index contributed by atoms with van der Waals surface area (Å²) in [4.78, 5) is 28.5. The maximum Gasteiger partial charge on any atom is 0.244 e. The second kappa shape index (κ2) is 12.5. The standard InChI is InChI=1S/C26H34ClN3O5S/c1-4-22(26(32)28-21-9-5-6-10-21)29(17-19-13-15-20(27)16-14-19)25(31)18-30(36(3,33)34)23-11-7-8-12-24(23)35-2/h7-8,11-16,21-22H,4-6,9-10,17-18H2,1-3H3,(H,28,32)/t22-/m1/s1. The van der Waals surface area contributed by atoms with Gasteiger partial charge in [0.1, 0.15) is 18.3 Å². The van der Waals surface area contributed by atoms with Crippen LogP contribution in [0.2, 0.25) is 5.02 Å². The van der Waals surface area contributed by atoms with E-state index in [1.54, 1.807) is 48.5 Å². The highest BCUT2D eigenvalue weighted by molar-refractivity contribution is 7.92. The third-order valence-corrected chi connectivity index (χ3v) is 7.77. The average molecular weight is 536 g/mol. The lowest BCUT2D eigenvalue weighted by Gasteiger charge is -2.33. The third kappa shape index (κ3) is 7.13. The summed E-state index contributed by atoms with van der Waals surface area (Å²) in [7, 11) is -2.40. The first-order chi connectivity index (χ1) is 17.1. The molecule has 1 aliphatic rings. The van der Waals surface area contributed by atoms with Gasteiger partial charge >= 0.3 is 0 Å². The summed E-state index contributed by atoms with van der Waals surface area (Å²) in [5.74, 6) is -0.393. The number of hydrogen-bond donors (Lipinski definition) is 1.